The molecule has 1 aliphatic heterocycles. The maximum atomic E-state index is 13.4. The number of carbonyl (C=O) groups is 1. The summed E-state index contributed by atoms with van der Waals surface area (Å²) in [6.07, 6.45) is 0. The smallest absolute Gasteiger partial charge is 0.280 e. The van der Waals surface area contributed by atoms with E-state index in [2.05, 4.69) is 10.4 Å². The summed E-state index contributed by atoms with van der Waals surface area (Å²) in [5, 5.41) is 9.86. The lowest BCUT2D eigenvalue weighted by Gasteiger charge is -2.12. The lowest BCUT2D eigenvalue weighted by molar-refractivity contribution is -0.118. The van der Waals surface area contributed by atoms with Crippen LogP contribution in [-0.2, 0) is 24.4 Å². The van der Waals surface area contributed by atoms with Gasteiger partial charge < -0.3 is 14.8 Å². The monoisotopic (exact) mass is 497 g/mol. The molecule has 0 spiro atoms. The number of hydrogen-bond acceptors (Lipinski definition) is 8. The van der Waals surface area contributed by atoms with E-state index in [9.17, 15) is 9.59 Å². The highest BCUT2D eigenvalue weighted by atomic mass is 32.2. The van der Waals surface area contributed by atoms with Crippen molar-refractivity contribution in [1.29, 1.82) is 0 Å². The number of benzene rings is 1. The Labute approximate surface area is 203 Å². The molecule has 9 nitrogen and oxygen atoms in total. The van der Waals surface area contributed by atoms with Crippen molar-refractivity contribution in [1.82, 2.24) is 24.6 Å². The van der Waals surface area contributed by atoms with Gasteiger partial charge in [0.1, 0.15) is 5.52 Å². The Morgan fingerprint density at radius 2 is 2.12 bits per heavy atom. The number of amides is 1. The number of thioether (sulfide) groups is 1. The lowest BCUT2D eigenvalue weighted by atomic mass is 10.2. The lowest BCUT2D eigenvalue weighted by Crippen LogP contribution is -2.27. The number of thiophene rings is 1. The molecule has 1 aliphatic rings. The topological polar surface area (TPSA) is 100 Å². The van der Waals surface area contributed by atoms with Gasteiger partial charge in [0.05, 0.1) is 18.0 Å². The Morgan fingerprint density at radius 1 is 1.26 bits per heavy atom. The third-order valence-corrected chi connectivity index (χ3v) is 7.27. The Morgan fingerprint density at radius 3 is 2.91 bits per heavy atom. The molecule has 0 radical (unpaired) electrons. The van der Waals surface area contributed by atoms with Crippen molar-refractivity contribution in [2.45, 2.75) is 38.6 Å². The van der Waals surface area contributed by atoms with Crippen molar-refractivity contribution in [2.24, 2.45) is 0 Å². The minimum absolute atomic E-state index is 0.133. The van der Waals surface area contributed by atoms with Gasteiger partial charge >= 0.3 is 0 Å². The van der Waals surface area contributed by atoms with Gasteiger partial charge in [0.15, 0.2) is 22.2 Å². The van der Waals surface area contributed by atoms with Crippen LogP contribution in [0.5, 0.6) is 11.5 Å². The van der Waals surface area contributed by atoms with Crippen LogP contribution in [0, 0.1) is 6.92 Å². The fourth-order valence-electron chi connectivity index (χ4n) is 3.76. The maximum absolute atomic E-state index is 13.4. The van der Waals surface area contributed by atoms with E-state index >= 15 is 0 Å². The average molecular weight is 498 g/mol. The highest BCUT2D eigenvalue weighted by Gasteiger charge is 2.19. The first kappa shape index (κ1) is 22.5. The minimum atomic E-state index is -0.152. The van der Waals surface area contributed by atoms with Gasteiger partial charge in [-0.3, -0.25) is 18.8 Å². The SMILES string of the molecule is CCn1nc(C)c2nc(SCC(=O)NCc3ccc4c(c3)OCO4)n(Cc3cccs3)c(=O)c21. The molecule has 4 aromatic rings. The fourth-order valence-corrected chi connectivity index (χ4v) is 5.27. The molecule has 0 bridgehead atoms. The fraction of sp³-hybridized carbons (Fsp3) is 0.304. The molecule has 1 amide bonds. The van der Waals surface area contributed by atoms with Crippen molar-refractivity contribution in [3.63, 3.8) is 0 Å². The Balaban J connectivity index is 1.35. The normalized spacial score (nSPS) is 12.4. The first-order valence-corrected chi connectivity index (χ1v) is 12.7. The number of fused-ring (bicyclic) bond motifs is 2. The van der Waals surface area contributed by atoms with Crippen LogP contribution in [0.15, 0.2) is 45.7 Å². The number of nitrogens with zero attached hydrogens (tertiary/aromatic N) is 4. The van der Waals surface area contributed by atoms with Crippen LogP contribution >= 0.6 is 23.1 Å². The van der Waals surface area contributed by atoms with Gasteiger partial charge in [-0.15, -0.1) is 11.3 Å². The van der Waals surface area contributed by atoms with E-state index in [1.54, 1.807) is 20.6 Å². The van der Waals surface area contributed by atoms with Crippen LogP contribution in [-0.4, -0.2) is 37.8 Å². The minimum Gasteiger partial charge on any atom is -0.454 e. The second-order valence-corrected chi connectivity index (χ2v) is 9.69. The summed E-state index contributed by atoms with van der Waals surface area (Å²) >= 11 is 2.83. The first-order valence-electron chi connectivity index (χ1n) is 10.8. The predicted octanol–water partition coefficient (Wildman–Crippen LogP) is 3.17. The summed E-state index contributed by atoms with van der Waals surface area (Å²) in [5.74, 6) is 1.37. The predicted molar refractivity (Wildman–Crippen MR) is 131 cm³/mol. The van der Waals surface area contributed by atoms with E-state index in [0.717, 1.165) is 10.4 Å². The number of nitrogens with one attached hydrogen (secondary N) is 1. The third kappa shape index (κ3) is 4.40. The van der Waals surface area contributed by atoms with Crippen LogP contribution in [0.3, 0.4) is 0 Å². The van der Waals surface area contributed by atoms with Crippen LogP contribution in [0.1, 0.15) is 23.1 Å². The van der Waals surface area contributed by atoms with Gasteiger partial charge in [0, 0.05) is 18.0 Å². The number of rotatable bonds is 8. The number of aromatic nitrogens is 4. The molecule has 0 aliphatic carbocycles. The molecular formula is C23H23N5O4S2. The van der Waals surface area contributed by atoms with Gasteiger partial charge in [-0.2, -0.15) is 5.10 Å². The molecule has 0 saturated carbocycles. The quantitative estimate of drug-likeness (QED) is 0.295. The Kier molecular flexibility index (Phi) is 6.29. The summed E-state index contributed by atoms with van der Waals surface area (Å²) in [7, 11) is 0. The van der Waals surface area contributed by atoms with E-state index in [0.29, 0.717) is 53.0 Å². The summed E-state index contributed by atoms with van der Waals surface area (Å²) in [6.45, 7) is 5.35. The standard InChI is InChI=1S/C23H23N5O4S2/c1-3-28-21-20(14(2)26-28)25-23(27(22(21)30)11-16-5-4-8-33-16)34-12-19(29)24-10-15-6-7-17-18(9-15)32-13-31-17/h4-9H,3,10-13H2,1-2H3,(H,24,29). The van der Waals surface area contributed by atoms with E-state index < -0.39 is 0 Å². The van der Waals surface area contributed by atoms with Gasteiger partial charge in [0.25, 0.3) is 5.56 Å². The van der Waals surface area contributed by atoms with E-state index in [1.165, 1.54) is 11.8 Å². The molecule has 0 saturated heterocycles. The van der Waals surface area contributed by atoms with Gasteiger partial charge in [-0.25, -0.2) is 4.98 Å². The Hall–Kier alpha value is -3.31. The van der Waals surface area contributed by atoms with Crippen LogP contribution in [0.4, 0.5) is 0 Å². The van der Waals surface area contributed by atoms with Crippen molar-refractivity contribution in [3.8, 4) is 11.5 Å². The second-order valence-electron chi connectivity index (χ2n) is 7.72. The molecule has 5 rings (SSSR count). The van der Waals surface area contributed by atoms with Gasteiger partial charge in [-0.05, 0) is 43.0 Å². The molecule has 34 heavy (non-hydrogen) atoms. The van der Waals surface area contributed by atoms with Crippen molar-refractivity contribution in [3.05, 3.63) is 62.2 Å². The van der Waals surface area contributed by atoms with E-state index in [1.807, 2.05) is 49.6 Å². The Bertz CT molecular complexity index is 1410. The zero-order valence-corrected chi connectivity index (χ0v) is 20.4. The average Bonchev–Trinajstić information content (AvgIpc) is 3.58. The van der Waals surface area contributed by atoms with E-state index in [-0.39, 0.29) is 24.0 Å². The van der Waals surface area contributed by atoms with Crippen molar-refractivity contribution < 1.29 is 14.3 Å². The van der Waals surface area contributed by atoms with Crippen LogP contribution in [0.2, 0.25) is 0 Å². The zero-order valence-electron chi connectivity index (χ0n) is 18.7. The number of ether oxygens (including phenoxy) is 2. The third-order valence-electron chi connectivity index (χ3n) is 5.43. The molecule has 0 atom stereocenters. The van der Waals surface area contributed by atoms with E-state index in [4.69, 9.17) is 14.5 Å². The number of carbonyl (C=O) groups excluding carboxylic acids is 1. The highest BCUT2D eigenvalue weighted by molar-refractivity contribution is 7.99. The molecule has 176 valence electrons. The van der Waals surface area contributed by atoms with Crippen molar-refractivity contribution in [2.75, 3.05) is 12.5 Å². The molecule has 4 heterocycles. The molecule has 0 unspecified atom stereocenters. The highest BCUT2D eigenvalue weighted by Crippen LogP contribution is 2.32. The molecule has 1 aromatic carbocycles. The van der Waals surface area contributed by atoms with Crippen LogP contribution in [0.25, 0.3) is 11.0 Å². The molecule has 3 aromatic heterocycles. The molecule has 0 fully saturated rings. The summed E-state index contributed by atoms with van der Waals surface area (Å²) < 4.78 is 14.0. The van der Waals surface area contributed by atoms with Crippen molar-refractivity contribution >= 4 is 40.0 Å². The number of aryl methyl sites for hydroxylation is 2. The first-order chi connectivity index (χ1) is 16.5. The molecule has 1 N–H and O–H groups in total. The summed E-state index contributed by atoms with van der Waals surface area (Å²) in [6, 6.07) is 9.52. The van der Waals surface area contributed by atoms with Crippen LogP contribution < -0.4 is 20.3 Å². The number of hydrogen-bond donors (Lipinski definition) is 1. The van der Waals surface area contributed by atoms with Gasteiger partial charge in [0.2, 0.25) is 12.7 Å². The zero-order chi connectivity index (χ0) is 23.7. The molecular weight excluding hydrogens is 474 g/mol. The van der Waals surface area contributed by atoms with Gasteiger partial charge in [-0.1, -0.05) is 23.9 Å². The second kappa shape index (κ2) is 9.51. The summed E-state index contributed by atoms with van der Waals surface area (Å²) in [4.78, 5) is 31.8. The maximum Gasteiger partial charge on any atom is 0.280 e. The summed E-state index contributed by atoms with van der Waals surface area (Å²) in [5.41, 5.74) is 2.54. The largest absolute Gasteiger partial charge is 0.454 e. The molecule has 11 heteroatoms.